The minimum atomic E-state index is 0.420. The van der Waals surface area contributed by atoms with Gasteiger partial charge in [0.1, 0.15) is 0 Å². The maximum absolute atomic E-state index is 2.40. The Morgan fingerprint density at radius 3 is 2.22 bits per heavy atom. The molecular weight excluding hydrogens is 384 g/mol. The molecule has 0 aliphatic heterocycles. The van der Waals surface area contributed by atoms with Crippen molar-refractivity contribution in [3.63, 3.8) is 0 Å². The Balaban J connectivity index is 1.43. The van der Waals surface area contributed by atoms with E-state index in [1.165, 1.54) is 84.4 Å². The molecule has 1 atom stereocenters. The second-order valence-electron chi connectivity index (χ2n) is 9.92. The van der Waals surface area contributed by atoms with Crippen LogP contribution in [-0.4, -0.2) is 0 Å². The lowest BCUT2D eigenvalue weighted by Crippen LogP contribution is -2.11. The van der Waals surface area contributed by atoms with Crippen molar-refractivity contribution in [3.05, 3.63) is 95.1 Å². The summed E-state index contributed by atoms with van der Waals surface area (Å²) in [5, 5.41) is 2.74. The van der Waals surface area contributed by atoms with Gasteiger partial charge in [-0.3, -0.25) is 0 Å². The summed E-state index contributed by atoms with van der Waals surface area (Å²) in [5.41, 5.74) is 5.85. The molecule has 0 saturated heterocycles. The predicted molar refractivity (Wildman–Crippen MR) is 141 cm³/mol. The zero-order valence-corrected chi connectivity index (χ0v) is 20.3. The van der Waals surface area contributed by atoms with E-state index < -0.39 is 0 Å². The van der Waals surface area contributed by atoms with Crippen LogP contribution in [0.1, 0.15) is 99.8 Å². The fraction of sp³-hybridized carbons (Fsp3) is 0.438. The molecule has 1 aliphatic carbocycles. The summed E-state index contributed by atoms with van der Waals surface area (Å²) in [7, 11) is 0. The third-order valence-corrected chi connectivity index (χ3v) is 7.64. The predicted octanol–water partition coefficient (Wildman–Crippen LogP) is 9.57. The molecule has 0 nitrogen and oxygen atoms in total. The van der Waals surface area contributed by atoms with Gasteiger partial charge in [-0.2, -0.15) is 0 Å². The van der Waals surface area contributed by atoms with Crippen LogP contribution in [0.15, 0.2) is 72.8 Å². The third-order valence-electron chi connectivity index (χ3n) is 7.64. The average Bonchev–Trinajstić information content (AvgIpc) is 2.84. The number of rotatable bonds is 8. The van der Waals surface area contributed by atoms with Gasteiger partial charge in [-0.05, 0) is 90.3 Å². The fourth-order valence-corrected chi connectivity index (χ4v) is 5.48. The zero-order valence-electron chi connectivity index (χ0n) is 20.3. The highest BCUT2D eigenvalue weighted by atomic mass is 14.3. The molecule has 0 amide bonds. The number of fused-ring (bicyclic) bond motifs is 1. The monoisotopic (exact) mass is 424 g/mol. The molecule has 168 valence electrons. The summed E-state index contributed by atoms with van der Waals surface area (Å²) in [6.07, 6.45) is 15.1. The van der Waals surface area contributed by atoms with Crippen molar-refractivity contribution in [2.75, 3.05) is 0 Å². The van der Waals surface area contributed by atoms with Gasteiger partial charge >= 0.3 is 0 Å². The molecule has 0 N–H and O–H groups in total. The SMILES string of the molecule is C/C=C/C1CCC(c2ccc(C(C)c3ccc4cc(CCCCC)ccc4c3)cc2)CC1. The highest BCUT2D eigenvalue weighted by Crippen LogP contribution is 2.37. The van der Waals surface area contributed by atoms with Crippen LogP contribution in [0.2, 0.25) is 0 Å². The average molecular weight is 425 g/mol. The second kappa shape index (κ2) is 11.0. The zero-order chi connectivity index (χ0) is 22.3. The molecule has 4 rings (SSSR count). The van der Waals surface area contributed by atoms with E-state index in [0.717, 1.165) is 11.8 Å². The largest absolute Gasteiger partial charge is 0.0914 e. The van der Waals surface area contributed by atoms with Gasteiger partial charge < -0.3 is 0 Å². The van der Waals surface area contributed by atoms with E-state index in [-0.39, 0.29) is 0 Å². The van der Waals surface area contributed by atoms with Crippen molar-refractivity contribution in [1.29, 1.82) is 0 Å². The molecule has 1 aliphatic rings. The Kier molecular flexibility index (Phi) is 7.85. The topological polar surface area (TPSA) is 0 Å². The molecule has 0 heteroatoms. The summed E-state index contributed by atoms with van der Waals surface area (Å²) in [6.45, 7) is 6.76. The van der Waals surface area contributed by atoms with E-state index in [0.29, 0.717) is 5.92 Å². The maximum Gasteiger partial charge on any atom is 0.00612 e. The van der Waals surface area contributed by atoms with Gasteiger partial charge in [0.15, 0.2) is 0 Å². The normalized spacial score (nSPS) is 20.1. The van der Waals surface area contributed by atoms with Gasteiger partial charge in [0.25, 0.3) is 0 Å². The van der Waals surface area contributed by atoms with E-state index in [4.69, 9.17) is 0 Å². The van der Waals surface area contributed by atoms with Crippen LogP contribution in [0.25, 0.3) is 10.8 Å². The van der Waals surface area contributed by atoms with E-state index in [1.807, 2.05) is 0 Å². The minimum Gasteiger partial charge on any atom is -0.0914 e. The van der Waals surface area contributed by atoms with E-state index in [1.54, 1.807) is 0 Å². The first kappa shape index (κ1) is 22.8. The quantitative estimate of drug-likeness (QED) is 0.249. The molecule has 0 bridgehead atoms. The Morgan fingerprint density at radius 2 is 1.50 bits per heavy atom. The molecule has 3 aromatic carbocycles. The lowest BCUT2D eigenvalue weighted by atomic mass is 9.78. The van der Waals surface area contributed by atoms with Crippen LogP contribution in [0.5, 0.6) is 0 Å². The summed E-state index contributed by atoms with van der Waals surface area (Å²) in [4.78, 5) is 0. The highest BCUT2D eigenvalue weighted by Gasteiger charge is 2.21. The van der Waals surface area contributed by atoms with Crippen molar-refractivity contribution >= 4 is 10.8 Å². The van der Waals surface area contributed by atoms with Crippen molar-refractivity contribution < 1.29 is 0 Å². The third kappa shape index (κ3) is 5.52. The highest BCUT2D eigenvalue weighted by molar-refractivity contribution is 5.84. The molecule has 0 heterocycles. The first-order valence-electron chi connectivity index (χ1n) is 12.9. The van der Waals surface area contributed by atoms with Gasteiger partial charge in [-0.1, -0.05) is 99.5 Å². The van der Waals surface area contributed by atoms with Gasteiger partial charge in [0.2, 0.25) is 0 Å². The van der Waals surface area contributed by atoms with Gasteiger partial charge in [-0.15, -0.1) is 0 Å². The van der Waals surface area contributed by atoms with Gasteiger partial charge in [0, 0.05) is 5.92 Å². The van der Waals surface area contributed by atoms with Crippen LogP contribution in [0.3, 0.4) is 0 Å². The number of unbranched alkanes of at least 4 members (excludes halogenated alkanes) is 2. The van der Waals surface area contributed by atoms with E-state index >= 15 is 0 Å². The Bertz CT molecular complexity index is 1020. The first-order valence-corrected chi connectivity index (χ1v) is 12.9. The lowest BCUT2D eigenvalue weighted by molar-refractivity contribution is 0.375. The van der Waals surface area contributed by atoms with Gasteiger partial charge in [0.05, 0.1) is 0 Å². The molecular formula is C32H40. The molecule has 32 heavy (non-hydrogen) atoms. The fourth-order valence-electron chi connectivity index (χ4n) is 5.48. The van der Waals surface area contributed by atoms with Crippen molar-refractivity contribution in [3.8, 4) is 0 Å². The number of hydrogen-bond donors (Lipinski definition) is 0. The first-order chi connectivity index (χ1) is 15.7. The Labute approximate surface area is 195 Å². The smallest absolute Gasteiger partial charge is 0.00612 e. The number of aryl methyl sites for hydroxylation is 1. The second-order valence-corrected chi connectivity index (χ2v) is 9.92. The summed E-state index contributed by atoms with van der Waals surface area (Å²) >= 11 is 0. The van der Waals surface area contributed by atoms with Crippen LogP contribution < -0.4 is 0 Å². The molecule has 0 aromatic heterocycles. The van der Waals surface area contributed by atoms with Crippen LogP contribution in [0.4, 0.5) is 0 Å². The summed E-state index contributed by atoms with van der Waals surface area (Å²) in [6, 6.07) is 23.6. The van der Waals surface area contributed by atoms with E-state index in [2.05, 4.69) is 93.6 Å². The van der Waals surface area contributed by atoms with Crippen LogP contribution in [-0.2, 0) is 6.42 Å². The van der Waals surface area contributed by atoms with Crippen LogP contribution in [0, 0.1) is 5.92 Å². The molecule has 1 unspecified atom stereocenters. The molecule has 1 fully saturated rings. The molecule has 0 radical (unpaired) electrons. The number of benzene rings is 3. The summed E-state index contributed by atoms with van der Waals surface area (Å²) in [5.74, 6) is 1.96. The van der Waals surface area contributed by atoms with E-state index in [9.17, 15) is 0 Å². The lowest BCUT2D eigenvalue weighted by Gasteiger charge is -2.27. The Morgan fingerprint density at radius 1 is 0.812 bits per heavy atom. The summed E-state index contributed by atoms with van der Waals surface area (Å²) < 4.78 is 0. The van der Waals surface area contributed by atoms with Crippen molar-refractivity contribution in [2.24, 2.45) is 5.92 Å². The molecule has 3 aromatic rings. The number of allylic oxidation sites excluding steroid dienone is 2. The minimum absolute atomic E-state index is 0.420. The standard InChI is InChI=1S/C32H40/c1-4-6-7-9-26-12-15-32-23-30(20-21-31(32)22-26)24(3)27-16-18-29(19-17-27)28-13-10-25(8-5-2)11-14-28/h5,8,12,15-25,28H,4,6-7,9-11,13-14H2,1-3H3/b8-5+. The van der Waals surface area contributed by atoms with Gasteiger partial charge in [-0.25, -0.2) is 0 Å². The Hall–Kier alpha value is -2.34. The van der Waals surface area contributed by atoms with Crippen molar-refractivity contribution in [2.45, 2.75) is 84.0 Å². The van der Waals surface area contributed by atoms with Crippen LogP contribution >= 0.6 is 0 Å². The molecule has 0 spiro atoms. The maximum atomic E-state index is 2.40. The van der Waals surface area contributed by atoms with Crippen molar-refractivity contribution in [1.82, 2.24) is 0 Å². The number of hydrogen-bond acceptors (Lipinski definition) is 0. The molecule has 1 saturated carbocycles.